The Hall–Kier alpha value is -3.41. The fraction of sp³-hybridized carbons (Fsp3) is 0.750. The average Bonchev–Trinajstić information content (AvgIpc) is 3.40. The van der Waals surface area contributed by atoms with Gasteiger partial charge in [-0.05, 0) is 96.3 Å². The molecular formula is C68H118O6. The van der Waals surface area contributed by atoms with Gasteiger partial charge in [-0.15, -0.1) is 0 Å². The Morgan fingerprint density at radius 2 is 0.527 bits per heavy atom. The highest BCUT2D eigenvalue weighted by molar-refractivity contribution is 5.71. The van der Waals surface area contributed by atoms with Gasteiger partial charge in [0.05, 0.1) is 0 Å². The number of rotatable bonds is 57. The molecule has 0 rings (SSSR count). The van der Waals surface area contributed by atoms with Crippen LogP contribution in [0.4, 0.5) is 0 Å². The molecule has 0 N–H and O–H groups in total. The molecule has 0 heterocycles. The van der Waals surface area contributed by atoms with Crippen molar-refractivity contribution in [2.45, 2.75) is 316 Å². The lowest BCUT2D eigenvalue weighted by Crippen LogP contribution is -2.30. The number of hydrogen-bond donors (Lipinski definition) is 0. The van der Waals surface area contributed by atoms with Gasteiger partial charge in [-0.25, -0.2) is 0 Å². The molecule has 0 fully saturated rings. The lowest BCUT2D eigenvalue weighted by molar-refractivity contribution is -0.167. The van der Waals surface area contributed by atoms with E-state index in [0.29, 0.717) is 19.3 Å². The first-order chi connectivity index (χ1) is 36.5. The van der Waals surface area contributed by atoms with Crippen molar-refractivity contribution >= 4 is 17.9 Å². The maximum absolute atomic E-state index is 12.8. The Balaban J connectivity index is 4.13. The van der Waals surface area contributed by atoms with Crippen molar-refractivity contribution in [3.8, 4) is 0 Å². The summed E-state index contributed by atoms with van der Waals surface area (Å²) in [6.45, 7) is 6.51. The minimum Gasteiger partial charge on any atom is -0.462 e. The van der Waals surface area contributed by atoms with Gasteiger partial charge < -0.3 is 14.2 Å². The van der Waals surface area contributed by atoms with Crippen LogP contribution in [0.2, 0.25) is 0 Å². The lowest BCUT2D eigenvalue weighted by Gasteiger charge is -2.18. The molecule has 0 aliphatic heterocycles. The molecule has 6 heteroatoms. The first-order valence-electron chi connectivity index (χ1n) is 31.6. The summed E-state index contributed by atoms with van der Waals surface area (Å²) >= 11 is 0. The van der Waals surface area contributed by atoms with Crippen molar-refractivity contribution in [3.05, 3.63) is 85.1 Å². The standard InChI is InChI=1S/C68H118O6/c1-4-7-10-13-16-19-21-23-25-27-28-29-30-31-32-33-34-35-36-37-38-39-40-42-43-45-47-49-52-55-58-61-67(70)73-64-65(63-72-66(69)60-57-54-51-18-15-12-9-6-3)74-68(71)62-59-56-53-50-48-46-44-41-26-24-22-20-17-14-11-8-5-2/h7,10,16,19,23-26,28-29,31-32,34-35,65H,4-6,8-9,11-15,17-18,20-22,27,30,33,36-64H2,1-3H3/b10-7-,19-16-,25-23-,26-24-,29-28-,32-31-,35-34-. The second kappa shape index (κ2) is 62.1. The summed E-state index contributed by atoms with van der Waals surface area (Å²) in [5.74, 6) is -0.876. The Kier molecular flexibility index (Phi) is 59.3. The zero-order valence-corrected chi connectivity index (χ0v) is 48.8. The fourth-order valence-corrected chi connectivity index (χ4v) is 8.91. The zero-order valence-electron chi connectivity index (χ0n) is 48.8. The normalized spacial score (nSPS) is 12.6. The molecule has 0 aliphatic carbocycles. The van der Waals surface area contributed by atoms with Crippen LogP contribution in [0.5, 0.6) is 0 Å². The van der Waals surface area contributed by atoms with E-state index in [9.17, 15) is 14.4 Å². The van der Waals surface area contributed by atoms with E-state index in [0.717, 1.165) is 96.3 Å². The molecule has 0 amide bonds. The molecule has 0 aromatic rings. The van der Waals surface area contributed by atoms with Gasteiger partial charge >= 0.3 is 17.9 Å². The second-order valence-electron chi connectivity index (χ2n) is 20.9. The van der Waals surface area contributed by atoms with Gasteiger partial charge in [-0.3, -0.25) is 14.4 Å². The number of ether oxygens (including phenoxy) is 3. The van der Waals surface area contributed by atoms with Crippen LogP contribution in [-0.4, -0.2) is 37.2 Å². The topological polar surface area (TPSA) is 78.9 Å². The largest absolute Gasteiger partial charge is 0.462 e. The van der Waals surface area contributed by atoms with E-state index < -0.39 is 6.10 Å². The molecule has 0 radical (unpaired) electrons. The van der Waals surface area contributed by atoms with Crippen LogP contribution in [0.25, 0.3) is 0 Å². The number of hydrogen-bond acceptors (Lipinski definition) is 6. The van der Waals surface area contributed by atoms with Crippen LogP contribution in [0.3, 0.4) is 0 Å². The number of allylic oxidation sites excluding steroid dienone is 14. The molecular weight excluding hydrogens is 913 g/mol. The van der Waals surface area contributed by atoms with Crippen LogP contribution in [-0.2, 0) is 28.6 Å². The number of unbranched alkanes of at least 4 members (excludes halogenated alkanes) is 32. The lowest BCUT2D eigenvalue weighted by atomic mass is 10.0. The SMILES string of the molecule is CC/C=C\C/C=C\C/C=C\C/C=C\C/C=C\C/C=C\CCCCCCCCCCCCCCC(=O)OCC(COC(=O)CCCCCCCCCC)OC(=O)CCCCCCCCC/C=C\CCCCCCCC. The highest BCUT2D eigenvalue weighted by Gasteiger charge is 2.19. The molecule has 0 bridgehead atoms. The molecule has 426 valence electrons. The van der Waals surface area contributed by atoms with Crippen LogP contribution >= 0.6 is 0 Å². The van der Waals surface area contributed by atoms with E-state index >= 15 is 0 Å². The quantitative estimate of drug-likeness (QED) is 0.0261. The third-order valence-corrected chi connectivity index (χ3v) is 13.6. The summed E-state index contributed by atoms with van der Waals surface area (Å²) < 4.78 is 16.8. The summed E-state index contributed by atoms with van der Waals surface area (Å²) in [6.07, 6.45) is 81.8. The zero-order chi connectivity index (χ0) is 53.6. The van der Waals surface area contributed by atoms with Gasteiger partial charge in [-0.1, -0.05) is 279 Å². The van der Waals surface area contributed by atoms with Crippen LogP contribution in [0, 0.1) is 0 Å². The number of carbonyl (C=O) groups excluding carboxylic acids is 3. The fourth-order valence-electron chi connectivity index (χ4n) is 8.91. The summed E-state index contributed by atoms with van der Waals surface area (Å²) in [5, 5.41) is 0. The van der Waals surface area contributed by atoms with Crippen LogP contribution < -0.4 is 0 Å². The van der Waals surface area contributed by atoms with Gasteiger partial charge in [0.25, 0.3) is 0 Å². The number of esters is 3. The minimum atomic E-state index is -0.776. The van der Waals surface area contributed by atoms with Crippen molar-refractivity contribution in [2.24, 2.45) is 0 Å². The van der Waals surface area contributed by atoms with Crippen molar-refractivity contribution in [1.29, 1.82) is 0 Å². The van der Waals surface area contributed by atoms with Gasteiger partial charge in [0, 0.05) is 19.3 Å². The van der Waals surface area contributed by atoms with Crippen LogP contribution in [0.1, 0.15) is 310 Å². The molecule has 1 atom stereocenters. The molecule has 0 aromatic heterocycles. The summed E-state index contributed by atoms with van der Waals surface area (Å²) in [7, 11) is 0. The van der Waals surface area contributed by atoms with Gasteiger partial charge in [-0.2, -0.15) is 0 Å². The minimum absolute atomic E-state index is 0.0752. The highest BCUT2D eigenvalue weighted by Crippen LogP contribution is 2.16. The Labute approximate surface area is 458 Å². The molecule has 0 aromatic carbocycles. The highest BCUT2D eigenvalue weighted by atomic mass is 16.6. The molecule has 74 heavy (non-hydrogen) atoms. The summed E-state index contributed by atoms with van der Waals surface area (Å²) in [5.41, 5.74) is 0. The summed E-state index contributed by atoms with van der Waals surface area (Å²) in [4.78, 5) is 38.1. The molecule has 1 unspecified atom stereocenters. The van der Waals surface area contributed by atoms with Crippen molar-refractivity contribution in [2.75, 3.05) is 13.2 Å². The monoisotopic (exact) mass is 1030 g/mol. The predicted octanol–water partition coefficient (Wildman–Crippen LogP) is 21.5. The number of carbonyl (C=O) groups is 3. The van der Waals surface area contributed by atoms with E-state index in [1.165, 1.54) is 173 Å². The Morgan fingerprint density at radius 3 is 0.838 bits per heavy atom. The van der Waals surface area contributed by atoms with Crippen molar-refractivity contribution in [1.82, 2.24) is 0 Å². The maximum Gasteiger partial charge on any atom is 0.306 e. The van der Waals surface area contributed by atoms with E-state index in [1.807, 2.05) is 0 Å². The van der Waals surface area contributed by atoms with E-state index in [1.54, 1.807) is 0 Å². The Morgan fingerprint density at radius 1 is 0.284 bits per heavy atom. The second-order valence-corrected chi connectivity index (χ2v) is 20.9. The smallest absolute Gasteiger partial charge is 0.306 e. The van der Waals surface area contributed by atoms with E-state index in [-0.39, 0.29) is 31.1 Å². The molecule has 0 saturated heterocycles. The van der Waals surface area contributed by atoms with Gasteiger partial charge in [0.15, 0.2) is 6.10 Å². The molecule has 0 aliphatic rings. The van der Waals surface area contributed by atoms with Crippen molar-refractivity contribution < 1.29 is 28.6 Å². The third-order valence-electron chi connectivity index (χ3n) is 13.6. The summed E-state index contributed by atoms with van der Waals surface area (Å²) in [6, 6.07) is 0. The van der Waals surface area contributed by atoms with Gasteiger partial charge in [0.2, 0.25) is 0 Å². The van der Waals surface area contributed by atoms with Crippen LogP contribution in [0.15, 0.2) is 85.1 Å². The maximum atomic E-state index is 12.8. The molecule has 0 saturated carbocycles. The molecule has 0 spiro atoms. The van der Waals surface area contributed by atoms with E-state index in [2.05, 4.69) is 106 Å². The average molecular weight is 1030 g/mol. The predicted molar refractivity (Wildman–Crippen MR) is 321 cm³/mol. The first kappa shape index (κ1) is 70.6. The third kappa shape index (κ3) is 59.5. The first-order valence-corrected chi connectivity index (χ1v) is 31.6. The molecule has 6 nitrogen and oxygen atoms in total. The Bertz CT molecular complexity index is 1420. The van der Waals surface area contributed by atoms with Crippen molar-refractivity contribution in [3.63, 3.8) is 0 Å². The van der Waals surface area contributed by atoms with E-state index in [4.69, 9.17) is 14.2 Å². The van der Waals surface area contributed by atoms with Gasteiger partial charge in [0.1, 0.15) is 13.2 Å².